The third-order valence-electron chi connectivity index (χ3n) is 6.25. The minimum Gasteiger partial charge on any atom is -0.372 e. The van der Waals surface area contributed by atoms with E-state index < -0.39 is 0 Å². The predicted octanol–water partition coefficient (Wildman–Crippen LogP) is 2.46. The fourth-order valence-electron chi connectivity index (χ4n) is 4.55. The van der Waals surface area contributed by atoms with Gasteiger partial charge in [-0.2, -0.15) is 5.10 Å². The standard InChI is InChI=1S/C23H27N5O2/c29-23-7-6-22(27-12-3-11-24-27)25-28(23)16-18-8-13-26(14-9-18)17-21-20-5-2-1-4-19(20)10-15-30-21/h1-7,11-12,18,21H,8-10,13-17H2. The SMILES string of the molecule is O=c1ccc(-n2cccn2)nn1CC1CCN(CC2OCCc3ccccc32)CC1. The number of benzene rings is 1. The van der Waals surface area contributed by atoms with Gasteiger partial charge in [0.25, 0.3) is 5.56 Å². The molecule has 1 saturated heterocycles. The molecule has 2 aliphatic rings. The number of hydrogen-bond donors (Lipinski definition) is 0. The van der Waals surface area contributed by atoms with Gasteiger partial charge in [0.2, 0.25) is 0 Å². The van der Waals surface area contributed by atoms with E-state index in [1.807, 2.05) is 12.3 Å². The highest BCUT2D eigenvalue weighted by Gasteiger charge is 2.26. The van der Waals surface area contributed by atoms with Crippen LogP contribution in [0.5, 0.6) is 0 Å². The summed E-state index contributed by atoms with van der Waals surface area (Å²) in [7, 11) is 0. The van der Waals surface area contributed by atoms with Crippen LogP contribution < -0.4 is 5.56 Å². The summed E-state index contributed by atoms with van der Waals surface area (Å²) in [4.78, 5) is 14.8. The van der Waals surface area contributed by atoms with Crippen LogP contribution in [0.1, 0.15) is 30.1 Å². The first-order valence-electron chi connectivity index (χ1n) is 10.8. The van der Waals surface area contributed by atoms with Crippen molar-refractivity contribution in [3.8, 4) is 5.82 Å². The molecule has 0 radical (unpaired) electrons. The van der Waals surface area contributed by atoms with Gasteiger partial charge in [0, 0.05) is 31.5 Å². The number of fused-ring (bicyclic) bond motifs is 1. The average Bonchev–Trinajstić information content (AvgIpc) is 3.32. The molecule has 0 bridgehead atoms. The lowest BCUT2D eigenvalue weighted by Gasteiger charge is -2.36. The summed E-state index contributed by atoms with van der Waals surface area (Å²) >= 11 is 0. The van der Waals surface area contributed by atoms with Crippen molar-refractivity contribution in [3.63, 3.8) is 0 Å². The first kappa shape index (κ1) is 19.2. The molecule has 1 fully saturated rings. The summed E-state index contributed by atoms with van der Waals surface area (Å²) in [6.45, 7) is 4.46. The number of likely N-dealkylation sites (tertiary alicyclic amines) is 1. The fraction of sp³-hybridized carbons (Fsp3) is 0.435. The highest BCUT2D eigenvalue weighted by Crippen LogP contribution is 2.29. The van der Waals surface area contributed by atoms with Crippen LogP contribution in [0, 0.1) is 5.92 Å². The molecule has 0 saturated carbocycles. The minimum atomic E-state index is -0.0550. The van der Waals surface area contributed by atoms with Gasteiger partial charge in [-0.15, -0.1) is 5.10 Å². The Morgan fingerprint density at radius 2 is 1.90 bits per heavy atom. The van der Waals surface area contributed by atoms with Gasteiger partial charge in [-0.05, 0) is 61.5 Å². The zero-order valence-corrected chi connectivity index (χ0v) is 17.1. The Hall–Kier alpha value is -2.77. The van der Waals surface area contributed by atoms with Crippen molar-refractivity contribution in [3.05, 3.63) is 76.3 Å². The third kappa shape index (κ3) is 4.08. The van der Waals surface area contributed by atoms with Gasteiger partial charge in [0.1, 0.15) is 0 Å². The number of rotatable bonds is 5. The lowest BCUT2D eigenvalue weighted by molar-refractivity contribution is 0.00781. The van der Waals surface area contributed by atoms with Crippen LogP contribution in [0.15, 0.2) is 59.7 Å². The van der Waals surface area contributed by atoms with Crippen LogP contribution in [0.4, 0.5) is 0 Å². The lowest BCUT2D eigenvalue weighted by atomic mass is 9.94. The molecule has 0 aliphatic carbocycles. The van der Waals surface area contributed by atoms with Crippen LogP contribution in [-0.4, -0.2) is 50.7 Å². The molecule has 1 unspecified atom stereocenters. The maximum Gasteiger partial charge on any atom is 0.266 e. The molecule has 3 aromatic rings. The van der Waals surface area contributed by atoms with Crippen LogP contribution >= 0.6 is 0 Å². The van der Waals surface area contributed by atoms with Crippen LogP contribution in [0.2, 0.25) is 0 Å². The second-order valence-corrected chi connectivity index (χ2v) is 8.21. The molecule has 5 rings (SSSR count). The zero-order valence-electron chi connectivity index (χ0n) is 17.1. The molecule has 4 heterocycles. The van der Waals surface area contributed by atoms with Crippen molar-refractivity contribution >= 4 is 0 Å². The number of ether oxygens (including phenoxy) is 1. The Labute approximate surface area is 175 Å². The molecule has 156 valence electrons. The quantitative estimate of drug-likeness (QED) is 0.652. The Morgan fingerprint density at radius 3 is 2.73 bits per heavy atom. The zero-order chi connectivity index (χ0) is 20.3. The van der Waals surface area contributed by atoms with Crippen LogP contribution in [-0.2, 0) is 17.7 Å². The predicted molar refractivity (Wildman–Crippen MR) is 114 cm³/mol. The molecule has 1 aromatic carbocycles. The maximum absolute atomic E-state index is 12.3. The number of hydrogen-bond acceptors (Lipinski definition) is 5. The first-order valence-corrected chi connectivity index (χ1v) is 10.8. The normalized spacial score (nSPS) is 20.2. The molecule has 2 aromatic heterocycles. The van der Waals surface area contributed by atoms with Gasteiger partial charge in [-0.3, -0.25) is 4.79 Å². The lowest BCUT2D eigenvalue weighted by Crippen LogP contribution is -2.40. The highest BCUT2D eigenvalue weighted by molar-refractivity contribution is 5.31. The van der Waals surface area contributed by atoms with Crippen molar-refractivity contribution in [2.24, 2.45) is 5.92 Å². The van der Waals surface area contributed by atoms with Gasteiger partial charge < -0.3 is 9.64 Å². The molecule has 7 heteroatoms. The van der Waals surface area contributed by atoms with Gasteiger partial charge in [-0.1, -0.05) is 24.3 Å². The maximum atomic E-state index is 12.3. The van der Waals surface area contributed by atoms with Crippen LogP contribution in [0.3, 0.4) is 0 Å². The Kier molecular flexibility index (Phi) is 5.46. The monoisotopic (exact) mass is 405 g/mol. The second kappa shape index (κ2) is 8.53. The number of piperidine rings is 1. The molecular formula is C23H27N5O2. The van der Waals surface area contributed by atoms with E-state index >= 15 is 0 Å². The van der Waals surface area contributed by atoms with E-state index in [1.165, 1.54) is 11.1 Å². The van der Waals surface area contributed by atoms with Crippen molar-refractivity contribution in [2.45, 2.75) is 31.9 Å². The summed E-state index contributed by atoms with van der Waals surface area (Å²) < 4.78 is 9.36. The highest BCUT2D eigenvalue weighted by atomic mass is 16.5. The summed E-state index contributed by atoms with van der Waals surface area (Å²) in [6.07, 6.45) is 6.85. The Morgan fingerprint density at radius 1 is 1.03 bits per heavy atom. The second-order valence-electron chi connectivity index (χ2n) is 8.21. The van der Waals surface area contributed by atoms with Crippen molar-refractivity contribution in [1.82, 2.24) is 24.5 Å². The van der Waals surface area contributed by atoms with E-state index in [-0.39, 0.29) is 11.7 Å². The Bertz CT molecular complexity index is 1040. The van der Waals surface area contributed by atoms with Gasteiger partial charge in [0.05, 0.1) is 12.7 Å². The van der Waals surface area contributed by atoms with E-state index in [2.05, 4.69) is 39.4 Å². The van der Waals surface area contributed by atoms with E-state index in [0.717, 1.165) is 45.5 Å². The van der Waals surface area contributed by atoms with Crippen molar-refractivity contribution in [1.29, 1.82) is 0 Å². The fourth-order valence-corrected chi connectivity index (χ4v) is 4.55. The topological polar surface area (TPSA) is 65.2 Å². The summed E-state index contributed by atoms with van der Waals surface area (Å²) in [5, 5.41) is 8.72. The third-order valence-corrected chi connectivity index (χ3v) is 6.25. The summed E-state index contributed by atoms with van der Waals surface area (Å²) in [6, 6.07) is 13.8. The molecule has 2 aliphatic heterocycles. The molecule has 7 nitrogen and oxygen atoms in total. The van der Waals surface area contributed by atoms with Crippen molar-refractivity contribution in [2.75, 3.05) is 26.2 Å². The molecule has 0 amide bonds. The van der Waals surface area contributed by atoms with Gasteiger partial charge >= 0.3 is 0 Å². The first-order chi connectivity index (χ1) is 14.8. The van der Waals surface area contributed by atoms with Gasteiger partial charge in [0.15, 0.2) is 5.82 Å². The van der Waals surface area contributed by atoms with Gasteiger partial charge in [-0.25, -0.2) is 9.36 Å². The molecular weight excluding hydrogens is 378 g/mol. The molecule has 0 spiro atoms. The van der Waals surface area contributed by atoms with Crippen LogP contribution in [0.25, 0.3) is 5.82 Å². The molecule has 30 heavy (non-hydrogen) atoms. The smallest absolute Gasteiger partial charge is 0.266 e. The van der Waals surface area contributed by atoms with E-state index in [9.17, 15) is 4.79 Å². The average molecular weight is 406 g/mol. The minimum absolute atomic E-state index is 0.0550. The molecule has 0 N–H and O–H groups in total. The number of aromatic nitrogens is 4. The number of nitrogens with zero attached hydrogens (tertiary/aromatic N) is 5. The molecule has 1 atom stereocenters. The summed E-state index contributed by atoms with van der Waals surface area (Å²) in [5.74, 6) is 1.13. The van der Waals surface area contributed by atoms with Crippen molar-refractivity contribution < 1.29 is 4.74 Å². The largest absolute Gasteiger partial charge is 0.372 e. The summed E-state index contributed by atoms with van der Waals surface area (Å²) in [5.41, 5.74) is 2.71. The van der Waals surface area contributed by atoms with E-state index in [1.54, 1.807) is 27.7 Å². The van der Waals surface area contributed by atoms with E-state index in [0.29, 0.717) is 18.3 Å². The van der Waals surface area contributed by atoms with E-state index in [4.69, 9.17) is 4.74 Å². The Balaban J connectivity index is 1.19.